The van der Waals surface area contributed by atoms with E-state index in [-0.39, 0.29) is 5.56 Å². The Balaban J connectivity index is 2.27. The Morgan fingerprint density at radius 1 is 1.18 bits per heavy atom. The lowest BCUT2D eigenvalue weighted by Crippen LogP contribution is -2.25. The van der Waals surface area contributed by atoms with Gasteiger partial charge in [-0.1, -0.05) is 31.5 Å². The minimum atomic E-state index is -0.0743. The number of unbranched alkanes of at least 4 members (excludes halogenated alkanes) is 1. The van der Waals surface area contributed by atoms with Crippen molar-refractivity contribution in [2.45, 2.75) is 40.2 Å². The van der Waals surface area contributed by atoms with Crippen molar-refractivity contribution in [2.75, 3.05) is 0 Å². The number of nitrogens with zero attached hydrogens (tertiary/aromatic N) is 4. The number of aryl methyl sites for hydroxylation is 3. The lowest BCUT2D eigenvalue weighted by atomic mass is 10.2. The Bertz CT molecular complexity index is 876. The van der Waals surface area contributed by atoms with Crippen molar-refractivity contribution < 1.29 is 0 Å². The van der Waals surface area contributed by atoms with Crippen LogP contribution in [-0.2, 0) is 6.54 Å². The van der Waals surface area contributed by atoms with Crippen LogP contribution in [0.15, 0.2) is 35.3 Å². The molecule has 0 saturated carbocycles. The average molecular weight is 296 g/mol. The zero-order valence-electron chi connectivity index (χ0n) is 13.2. The van der Waals surface area contributed by atoms with Crippen LogP contribution in [0.5, 0.6) is 0 Å². The maximum Gasteiger partial charge on any atom is 0.293 e. The van der Waals surface area contributed by atoms with Crippen molar-refractivity contribution in [3.63, 3.8) is 0 Å². The summed E-state index contributed by atoms with van der Waals surface area (Å²) < 4.78 is 3.31. The Morgan fingerprint density at radius 2 is 1.95 bits per heavy atom. The van der Waals surface area contributed by atoms with E-state index in [0.29, 0.717) is 12.1 Å². The summed E-state index contributed by atoms with van der Waals surface area (Å²) in [5, 5.41) is 9.67. The van der Waals surface area contributed by atoms with Gasteiger partial charge in [0.1, 0.15) is 5.52 Å². The van der Waals surface area contributed by atoms with Gasteiger partial charge in [-0.2, -0.15) is 10.2 Å². The molecular weight excluding hydrogens is 276 g/mol. The molecule has 0 bridgehead atoms. The fourth-order valence-corrected chi connectivity index (χ4v) is 2.66. The third-order valence-corrected chi connectivity index (χ3v) is 3.93. The second kappa shape index (κ2) is 5.75. The molecule has 2 aromatic heterocycles. The van der Waals surface area contributed by atoms with Crippen LogP contribution in [0.3, 0.4) is 0 Å². The Kier molecular flexibility index (Phi) is 3.79. The molecule has 0 amide bonds. The molecule has 114 valence electrons. The van der Waals surface area contributed by atoms with Crippen molar-refractivity contribution in [3.05, 3.63) is 52.1 Å². The van der Waals surface area contributed by atoms with Crippen LogP contribution < -0.4 is 5.56 Å². The Morgan fingerprint density at radius 3 is 2.68 bits per heavy atom. The molecule has 0 radical (unpaired) electrons. The highest BCUT2D eigenvalue weighted by atomic mass is 16.1. The zero-order chi connectivity index (χ0) is 15.7. The number of hydrogen-bond donors (Lipinski definition) is 0. The van der Waals surface area contributed by atoms with E-state index >= 15 is 0 Å². The Labute approximate surface area is 129 Å². The lowest BCUT2D eigenvalue weighted by Gasteiger charge is -2.09. The van der Waals surface area contributed by atoms with Gasteiger partial charge < -0.3 is 0 Å². The summed E-state index contributed by atoms with van der Waals surface area (Å²) in [5.41, 5.74) is 3.39. The predicted molar refractivity (Wildman–Crippen MR) is 87.5 cm³/mol. The number of hydrogen-bond acceptors (Lipinski definition) is 3. The van der Waals surface area contributed by atoms with Crippen molar-refractivity contribution in [1.82, 2.24) is 19.6 Å². The van der Waals surface area contributed by atoms with E-state index in [0.717, 1.165) is 35.2 Å². The molecule has 1 aromatic carbocycles. The number of benzene rings is 1. The van der Waals surface area contributed by atoms with Gasteiger partial charge in [-0.05, 0) is 31.9 Å². The normalized spacial score (nSPS) is 11.2. The van der Waals surface area contributed by atoms with Crippen LogP contribution in [0.25, 0.3) is 16.6 Å². The van der Waals surface area contributed by atoms with Gasteiger partial charge in [-0.25, -0.2) is 9.36 Å². The molecule has 0 fully saturated rings. The van der Waals surface area contributed by atoms with Gasteiger partial charge in [-0.3, -0.25) is 4.79 Å². The van der Waals surface area contributed by atoms with Crippen LogP contribution in [0.1, 0.15) is 31.0 Å². The van der Waals surface area contributed by atoms with E-state index < -0.39 is 0 Å². The first-order valence-corrected chi connectivity index (χ1v) is 7.65. The molecule has 0 atom stereocenters. The summed E-state index contributed by atoms with van der Waals surface area (Å²) in [6, 6.07) is 7.94. The molecule has 3 aromatic rings. The average Bonchev–Trinajstić information content (AvgIpc) is 2.95. The van der Waals surface area contributed by atoms with E-state index in [1.807, 2.05) is 38.1 Å². The fourth-order valence-electron chi connectivity index (χ4n) is 2.66. The molecule has 0 aliphatic rings. The van der Waals surface area contributed by atoms with Crippen LogP contribution in [0.4, 0.5) is 0 Å². The minimum Gasteiger partial charge on any atom is -0.265 e. The molecule has 5 nitrogen and oxygen atoms in total. The summed E-state index contributed by atoms with van der Waals surface area (Å²) in [6.45, 7) is 6.69. The lowest BCUT2D eigenvalue weighted by molar-refractivity contribution is 0.541. The van der Waals surface area contributed by atoms with Crippen LogP contribution in [0, 0.1) is 13.8 Å². The van der Waals surface area contributed by atoms with E-state index in [4.69, 9.17) is 0 Å². The summed E-state index contributed by atoms with van der Waals surface area (Å²) in [7, 11) is 0. The van der Waals surface area contributed by atoms with Gasteiger partial charge >= 0.3 is 0 Å². The summed E-state index contributed by atoms with van der Waals surface area (Å²) in [5.74, 6) is 0. The van der Waals surface area contributed by atoms with Crippen LogP contribution >= 0.6 is 0 Å². The molecule has 0 unspecified atom stereocenters. The molecule has 3 rings (SSSR count). The molecule has 0 saturated heterocycles. The SMILES string of the molecule is CCCCn1nc(C)c2cnn(-c3ccccc3C)c2c1=O. The number of para-hydroxylation sites is 1. The second-order valence-electron chi connectivity index (χ2n) is 5.57. The van der Waals surface area contributed by atoms with Gasteiger partial charge in [0.2, 0.25) is 0 Å². The minimum absolute atomic E-state index is 0.0743. The second-order valence-corrected chi connectivity index (χ2v) is 5.57. The molecule has 0 spiro atoms. The number of rotatable bonds is 4. The molecule has 0 N–H and O–H groups in total. The molecular formula is C17H20N4O. The van der Waals surface area contributed by atoms with Crippen LogP contribution in [0.2, 0.25) is 0 Å². The highest BCUT2D eigenvalue weighted by molar-refractivity contribution is 5.81. The topological polar surface area (TPSA) is 52.7 Å². The summed E-state index contributed by atoms with van der Waals surface area (Å²) >= 11 is 0. The molecule has 0 aliphatic carbocycles. The van der Waals surface area contributed by atoms with E-state index in [1.165, 1.54) is 0 Å². The van der Waals surface area contributed by atoms with E-state index in [2.05, 4.69) is 17.1 Å². The summed E-state index contributed by atoms with van der Waals surface area (Å²) in [4.78, 5) is 12.8. The van der Waals surface area contributed by atoms with E-state index in [1.54, 1.807) is 15.6 Å². The van der Waals surface area contributed by atoms with Gasteiger partial charge in [0.25, 0.3) is 5.56 Å². The third-order valence-electron chi connectivity index (χ3n) is 3.93. The van der Waals surface area contributed by atoms with Crippen LogP contribution in [-0.4, -0.2) is 19.6 Å². The highest BCUT2D eigenvalue weighted by Gasteiger charge is 2.15. The first-order chi connectivity index (χ1) is 10.6. The van der Waals surface area contributed by atoms with Gasteiger partial charge in [0.15, 0.2) is 0 Å². The molecule has 0 aliphatic heterocycles. The monoisotopic (exact) mass is 296 g/mol. The first-order valence-electron chi connectivity index (χ1n) is 7.65. The predicted octanol–water partition coefficient (Wildman–Crippen LogP) is 3.00. The number of aromatic nitrogens is 4. The summed E-state index contributed by atoms with van der Waals surface area (Å²) in [6.07, 6.45) is 3.70. The molecule has 5 heteroatoms. The largest absolute Gasteiger partial charge is 0.293 e. The van der Waals surface area contributed by atoms with Crippen molar-refractivity contribution in [2.24, 2.45) is 0 Å². The van der Waals surface area contributed by atoms with Gasteiger partial charge in [0.05, 0.1) is 17.6 Å². The van der Waals surface area contributed by atoms with E-state index in [9.17, 15) is 4.79 Å². The third kappa shape index (κ3) is 2.32. The smallest absolute Gasteiger partial charge is 0.265 e. The van der Waals surface area contributed by atoms with Crippen molar-refractivity contribution in [1.29, 1.82) is 0 Å². The fraction of sp³-hybridized carbons (Fsp3) is 0.353. The standard InChI is InChI=1S/C17H20N4O/c1-4-5-10-20-17(22)16-14(13(3)19-20)11-18-21(16)15-9-7-6-8-12(15)2/h6-9,11H,4-5,10H2,1-3H3. The maximum absolute atomic E-state index is 12.8. The van der Waals surface area contributed by atoms with Gasteiger partial charge in [-0.15, -0.1) is 0 Å². The maximum atomic E-state index is 12.8. The Hall–Kier alpha value is -2.43. The van der Waals surface area contributed by atoms with Crippen molar-refractivity contribution in [3.8, 4) is 5.69 Å². The molecule has 22 heavy (non-hydrogen) atoms. The highest BCUT2D eigenvalue weighted by Crippen LogP contribution is 2.19. The quantitative estimate of drug-likeness (QED) is 0.743. The molecule has 2 heterocycles. The zero-order valence-corrected chi connectivity index (χ0v) is 13.2. The van der Waals surface area contributed by atoms with Crippen molar-refractivity contribution >= 4 is 10.9 Å². The number of fused-ring (bicyclic) bond motifs is 1. The van der Waals surface area contributed by atoms with Gasteiger partial charge in [0, 0.05) is 11.9 Å². The first kappa shape index (κ1) is 14.5.